The van der Waals surface area contributed by atoms with Crippen molar-refractivity contribution >= 4 is 41.0 Å². The maximum absolute atomic E-state index is 14.7. The minimum absolute atomic E-state index is 0.0368. The number of aliphatic carboxylic acids is 1. The normalized spacial score (nSPS) is 39.4. The molecular weight excluding hydrogens is 889 g/mol. The van der Waals surface area contributed by atoms with Gasteiger partial charge in [0.25, 0.3) is 0 Å². The number of nitrogens with one attached hydrogen (secondary N) is 1. The number of ether oxygens (including phenoxy) is 6. The van der Waals surface area contributed by atoms with Gasteiger partial charge < -0.3 is 49.1 Å². The lowest BCUT2D eigenvalue weighted by atomic mass is 9.72. The number of carboxylic acids is 1. The van der Waals surface area contributed by atoms with E-state index in [2.05, 4.69) is 26.1 Å². The van der Waals surface area contributed by atoms with Gasteiger partial charge in [-0.05, 0) is 120 Å². The summed E-state index contributed by atoms with van der Waals surface area (Å²) in [5, 5.41) is 36.8. The number of halogens is 2. The Balaban J connectivity index is 1.22. The molecule has 0 saturated carbocycles. The second-order valence-electron chi connectivity index (χ2n) is 20.8. The number of carboxylic acid groups (broad SMARTS) is 1. The summed E-state index contributed by atoms with van der Waals surface area (Å²) in [4.78, 5) is 40.3. The highest BCUT2D eigenvalue weighted by atomic mass is 35.5. The van der Waals surface area contributed by atoms with E-state index < -0.39 is 95.4 Å². The van der Waals surface area contributed by atoms with Crippen molar-refractivity contribution in [1.82, 2.24) is 5.32 Å². The molecule has 372 valence electrons. The molecular formula is C51H77Cl2NO12. The topological polar surface area (TPSA) is 179 Å². The van der Waals surface area contributed by atoms with E-state index in [1.807, 2.05) is 53.7 Å². The monoisotopic (exact) mass is 965 g/mol. The van der Waals surface area contributed by atoms with Crippen LogP contribution in [0.5, 0.6) is 0 Å². The van der Waals surface area contributed by atoms with Gasteiger partial charge in [0.05, 0.1) is 65.9 Å². The minimum atomic E-state index is -1.28. The molecule has 4 N–H and O–H groups in total. The molecule has 1 aromatic carbocycles. The van der Waals surface area contributed by atoms with Gasteiger partial charge in [0.1, 0.15) is 18.5 Å². The summed E-state index contributed by atoms with van der Waals surface area (Å²) < 4.78 is 39.9. The van der Waals surface area contributed by atoms with Crippen LogP contribution in [-0.4, -0.2) is 105 Å². The number of carbonyl (C=O) groups is 3. The van der Waals surface area contributed by atoms with Crippen LogP contribution in [0.15, 0.2) is 30.4 Å². The van der Waals surface area contributed by atoms with Crippen LogP contribution in [0.25, 0.3) is 0 Å². The summed E-state index contributed by atoms with van der Waals surface area (Å²) in [6.07, 6.45) is 4.81. The zero-order chi connectivity index (χ0) is 48.5. The van der Waals surface area contributed by atoms with Crippen molar-refractivity contribution in [1.29, 1.82) is 0 Å². The molecule has 66 heavy (non-hydrogen) atoms. The molecule has 13 nitrogen and oxygen atoms in total. The lowest BCUT2D eigenvalue weighted by molar-refractivity contribution is -0.327. The fourth-order valence-electron chi connectivity index (χ4n) is 11.8. The molecule has 0 aromatic heterocycles. The van der Waals surface area contributed by atoms with Gasteiger partial charge in [0, 0.05) is 33.7 Å². The van der Waals surface area contributed by atoms with E-state index in [4.69, 9.17) is 51.6 Å². The summed E-state index contributed by atoms with van der Waals surface area (Å²) in [6, 6.07) is 4.29. The van der Waals surface area contributed by atoms with E-state index >= 15 is 0 Å². The number of benzene rings is 1. The van der Waals surface area contributed by atoms with Gasteiger partial charge in [-0.3, -0.25) is 9.59 Å². The molecule has 0 bridgehead atoms. The quantitative estimate of drug-likeness (QED) is 0.116. The Labute approximate surface area is 402 Å². The first-order chi connectivity index (χ1) is 31.1. The van der Waals surface area contributed by atoms with Gasteiger partial charge in [0.15, 0.2) is 5.79 Å². The average molecular weight is 967 g/mol. The molecule has 5 heterocycles. The van der Waals surface area contributed by atoms with Crippen LogP contribution in [0, 0.1) is 41.4 Å². The number of aliphatic hydroxyl groups excluding tert-OH is 1. The average Bonchev–Trinajstić information content (AvgIpc) is 3.68. The maximum atomic E-state index is 14.7. The van der Waals surface area contributed by atoms with Crippen LogP contribution in [0.2, 0.25) is 10.0 Å². The van der Waals surface area contributed by atoms with Crippen molar-refractivity contribution in [3.63, 3.8) is 0 Å². The van der Waals surface area contributed by atoms with Crippen molar-refractivity contribution in [3.8, 4) is 0 Å². The molecule has 19 atom stereocenters. The Morgan fingerprint density at radius 2 is 1.56 bits per heavy atom. The number of aliphatic hydroxyl groups is 2. The van der Waals surface area contributed by atoms with Crippen LogP contribution in [0.4, 0.5) is 4.79 Å². The first-order valence-electron chi connectivity index (χ1n) is 24.7. The number of hydrogen-bond donors (Lipinski definition) is 4. The molecule has 1 spiro atoms. The molecule has 2 unspecified atom stereocenters. The highest BCUT2D eigenvalue weighted by molar-refractivity contribution is 6.34. The molecule has 5 aliphatic rings. The third kappa shape index (κ3) is 11.3. The molecule has 4 fully saturated rings. The summed E-state index contributed by atoms with van der Waals surface area (Å²) in [5.74, 6) is -4.77. The Hall–Kier alpha value is -2.33. The Bertz CT molecular complexity index is 1870. The van der Waals surface area contributed by atoms with E-state index in [9.17, 15) is 29.7 Å². The molecule has 0 radical (unpaired) electrons. The van der Waals surface area contributed by atoms with Crippen LogP contribution in [0.1, 0.15) is 139 Å². The zero-order valence-electron chi connectivity index (χ0n) is 40.7. The standard InChI is InChI=1S/C51H77Cl2NO12/c1-11-36(47(57)58)39-15-14-27(4)44(63-39)31(8)42(55)30(7)43(56)37(12-2)45-28(5)22-29(6)51(65-45)21-16-38(54-48(59)61-26-33-23-34(52)25-35(53)24-33)46(66-51)40-17-19-49(10,64-40)41-18-20-50(60,13-3)32(9)62-41/h16,21,23-25,27-32,36-42,44-46,55,60H,11-15,17-20,22,26H2,1-10H3,(H,54,59)(H,57,58)/t27-,28-,29+,30-,31-,32-,36+,37-,38+,39+,40?,41+,42+,44+,45-,46?,49-,50+,51-/m0/s1. The van der Waals surface area contributed by atoms with Crippen molar-refractivity contribution in [2.75, 3.05) is 0 Å². The fraction of sp³-hybridized carbons (Fsp3) is 0.784. The lowest BCUT2D eigenvalue weighted by Crippen LogP contribution is -2.62. The third-order valence-corrected chi connectivity index (χ3v) is 16.7. The summed E-state index contributed by atoms with van der Waals surface area (Å²) in [6.45, 7) is 19.6. The molecule has 5 aliphatic heterocycles. The van der Waals surface area contributed by atoms with E-state index in [-0.39, 0.29) is 42.4 Å². The predicted octanol–water partition coefficient (Wildman–Crippen LogP) is 9.47. The van der Waals surface area contributed by atoms with Gasteiger partial charge in [-0.15, -0.1) is 0 Å². The summed E-state index contributed by atoms with van der Waals surface area (Å²) in [5.41, 5.74) is -0.961. The number of alkyl carbamates (subject to hydrolysis) is 1. The summed E-state index contributed by atoms with van der Waals surface area (Å²) in [7, 11) is 0. The van der Waals surface area contributed by atoms with E-state index in [1.54, 1.807) is 25.1 Å². The van der Waals surface area contributed by atoms with Crippen LogP contribution >= 0.6 is 23.2 Å². The number of Topliss-reactive ketones (excluding diaryl/α,β-unsaturated/α-hetero) is 1. The number of amides is 1. The van der Waals surface area contributed by atoms with Gasteiger partial charge in [-0.1, -0.05) is 84.7 Å². The first-order valence-corrected chi connectivity index (χ1v) is 25.4. The van der Waals surface area contributed by atoms with E-state index in [1.165, 1.54) is 0 Å². The lowest BCUT2D eigenvalue weighted by Gasteiger charge is -2.52. The van der Waals surface area contributed by atoms with Crippen molar-refractivity contribution in [3.05, 3.63) is 46.0 Å². The number of rotatable bonds is 16. The van der Waals surface area contributed by atoms with Gasteiger partial charge in [-0.2, -0.15) is 0 Å². The number of carbonyl (C=O) groups excluding carboxylic acids is 2. The largest absolute Gasteiger partial charge is 0.481 e. The van der Waals surface area contributed by atoms with Gasteiger partial charge in [0.2, 0.25) is 0 Å². The van der Waals surface area contributed by atoms with Crippen LogP contribution < -0.4 is 5.32 Å². The predicted molar refractivity (Wildman–Crippen MR) is 251 cm³/mol. The van der Waals surface area contributed by atoms with E-state index in [0.717, 1.165) is 6.42 Å². The smallest absolute Gasteiger partial charge is 0.408 e. The maximum Gasteiger partial charge on any atom is 0.408 e. The van der Waals surface area contributed by atoms with Gasteiger partial charge >= 0.3 is 12.1 Å². The summed E-state index contributed by atoms with van der Waals surface area (Å²) >= 11 is 12.4. The van der Waals surface area contributed by atoms with Gasteiger partial charge in [-0.25, -0.2) is 4.79 Å². The van der Waals surface area contributed by atoms with Crippen LogP contribution in [-0.2, 0) is 44.6 Å². The van der Waals surface area contributed by atoms with Crippen molar-refractivity contribution in [2.24, 2.45) is 41.4 Å². The molecule has 15 heteroatoms. The molecule has 4 saturated heterocycles. The number of ketones is 1. The Kier molecular flexibility index (Phi) is 17.5. The molecule has 1 aromatic rings. The fourth-order valence-corrected chi connectivity index (χ4v) is 12.4. The Morgan fingerprint density at radius 3 is 2.18 bits per heavy atom. The second kappa shape index (κ2) is 21.8. The highest BCUT2D eigenvalue weighted by Gasteiger charge is 2.57. The SMILES string of the molecule is CC[C@@H](C(=O)[C@@H](C)[C@@H](O)[C@H](C)[C@@H]1O[C@@H]([C@@H](CC)C(=O)O)CC[C@@H]1C)[C@H]1O[C@]2(C=C[C@@H](NC(=O)OCc3cc(Cl)cc(Cl)c3)C(C3CC[C@@](C)([C@H]4CC[C@](O)(CC)[C@H](C)O4)O3)O2)[C@H](C)C[C@@H]1C. The molecule has 0 aliphatic carbocycles. The van der Waals surface area contributed by atoms with Crippen molar-refractivity contribution < 1.29 is 58.1 Å². The third-order valence-electron chi connectivity index (χ3n) is 16.3. The minimum Gasteiger partial charge on any atom is -0.481 e. The van der Waals surface area contributed by atoms with E-state index in [0.29, 0.717) is 73.4 Å². The van der Waals surface area contributed by atoms with Crippen LogP contribution in [0.3, 0.4) is 0 Å². The number of hydrogen-bond acceptors (Lipinski definition) is 11. The van der Waals surface area contributed by atoms with Crippen molar-refractivity contribution in [2.45, 2.75) is 212 Å². The second-order valence-corrected chi connectivity index (χ2v) is 21.6. The first kappa shape index (κ1) is 53.0. The highest BCUT2D eigenvalue weighted by Crippen LogP contribution is 2.49. The molecule has 6 rings (SSSR count). The molecule has 1 amide bonds. The zero-order valence-corrected chi connectivity index (χ0v) is 42.2. The Morgan fingerprint density at radius 1 is 0.879 bits per heavy atom.